The highest BCUT2D eigenvalue weighted by molar-refractivity contribution is 5.81. The Morgan fingerprint density at radius 1 is 1.25 bits per heavy atom. The van der Waals surface area contributed by atoms with Crippen LogP contribution >= 0.6 is 0 Å². The number of hydrogen-bond acceptors (Lipinski definition) is 2. The molecule has 2 fully saturated rings. The SMILES string of the molecule is CC(C)=CCCC(=O)C1CC2CCC(C1)O2. The van der Waals surface area contributed by atoms with Crippen molar-refractivity contribution in [2.75, 3.05) is 0 Å². The topological polar surface area (TPSA) is 26.3 Å². The average Bonchev–Trinajstić information content (AvgIpc) is 2.57. The van der Waals surface area contributed by atoms with Crippen molar-refractivity contribution in [1.29, 1.82) is 0 Å². The standard InChI is InChI=1S/C14H22O2/c1-10(2)4-3-5-14(15)11-8-12-6-7-13(9-11)16-12/h4,11-13H,3,5-9H2,1-2H3. The highest BCUT2D eigenvalue weighted by Crippen LogP contribution is 2.36. The minimum absolute atomic E-state index is 0.289. The molecular weight excluding hydrogens is 200 g/mol. The number of ether oxygens (including phenoxy) is 1. The average molecular weight is 222 g/mol. The van der Waals surface area contributed by atoms with Gasteiger partial charge in [-0.3, -0.25) is 4.79 Å². The number of carbonyl (C=O) groups excluding carboxylic acids is 1. The fourth-order valence-electron chi connectivity index (χ4n) is 2.83. The Bertz CT molecular complexity index is 277. The summed E-state index contributed by atoms with van der Waals surface area (Å²) in [6.45, 7) is 4.16. The van der Waals surface area contributed by atoms with E-state index in [0.29, 0.717) is 18.0 Å². The molecule has 16 heavy (non-hydrogen) atoms. The van der Waals surface area contributed by atoms with Crippen LogP contribution in [-0.2, 0) is 9.53 Å². The summed E-state index contributed by atoms with van der Waals surface area (Å²) in [5.41, 5.74) is 1.31. The number of carbonyl (C=O) groups is 1. The second-order valence-corrected chi connectivity index (χ2v) is 5.41. The maximum Gasteiger partial charge on any atom is 0.136 e. The highest BCUT2D eigenvalue weighted by atomic mass is 16.5. The van der Waals surface area contributed by atoms with Crippen LogP contribution in [0.15, 0.2) is 11.6 Å². The van der Waals surface area contributed by atoms with E-state index in [1.165, 1.54) is 18.4 Å². The van der Waals surface area contributed by atoms with Crippen molar-refractivity contribution in [2.45, 2.75) is 64.6 Å². The molecule has 0 aromatic carbocycles. The van der Waals surface area contributed by atoms with Gasteiger partial charge < -0.3 is 4.74 Å². The molecule has 2 unspecified atom stereocenters. The Kier molecular flexibility index (Phi) is 3.80. The molecule has 2 atom stereocenters. The minimum atomic E-state index is 0.289. The first-order valence-corrected chi connectivity index (χ1v) is 6.46. The molecule has 2 aliphatic rings. The summed E-state index contributed by atoms with van der Waals surface area (Å²) in [6, 6.07) is 0. The number of fused-ring (bicyclic) bond motifs is 2. The van der Waals surface area contributed by atoms with E-state index in [1.807, 2.05) is 0 Å². The molecule has 90 valence electrons. The molecule has 2 aliphatic heterocycles. The lowest BCUT2D eigenvalue weighted by Gasteiger charge is -2.27. The van der Waals surface area contributed by atoms with Gasteiger partial charge in [-0.1, -0.05) is 11.6 Å². The van der Waals surface area contributed by atoms with E-state index in [-0.39, 0.29) is 5.92 Å². The molecule has 0 N–H and O–H groups in total. The molecule has 0 spiro atoms. The van der Waals surface area contributed by atoms with Gasteiger partial charge in [-0.2, -0.15) is 0 Å². The minimum Gasteiger partial charge on any atom is -0.375 e. The zero-order chi connectivity index (χ0) is 11.5. The van der Waals surface area contributed by atoms with Crippen molar-refractivity contribution < 1.29 is 9.53 Å². The summed E-state index contributed by atoms with van der Waals surface area (Å²) in [4.78, 5) is 12.0. The third kappa shape index (κ3) is 2.94. The molecule has 2 heterocycles. The van der Waals surface area contributed by atoms with E-state index < -0.39 is 0 Å². The maximum atomic E-state index is 12.0. The number of allylic oxidation sites excluding steroid dienone is 2. The summed E-state index contributed by atoms with van der Waals surface area (Å²) in [5.74, 6) is 0.745. The van der Waals surface area contributed by atoms with E-state index in [2.05, 4.69) is 19.9 Å². The van der Waals surface area contributed by atoms with Gasteiger partial charge in [-0.05, 0) is 46.0 Å². The second-order valence-electron chi connectivity index (χ2n) is 5.41. The summed E-state index contributed by atoms with van der Waals surface area (Å²) >= 11 is 0. The van der Waals surface area contributed by atoms with Gasteiger partial charge in [-0.15, -0.1) is 0 Å². The molecule has 0 amide bonds. The molecule has 2 rings (SSSR count). The number of rotatable bonds is 4. The summed E-state index contributed by atoms with van der Waals surface area (Å²) in [7, 11) is 0. The van der Waals surface area contributed by atoms with E-state index in [9.17, 15) is 4.79 Å². The van der Waals surface area contributed by atoms with Gasteiger partial charge in [-0.25, -0.2) is 0 Å². The summed E-state index contributed by atoms with van der Waals surface area (Å²) in [6.07, 6.45) is 8.85. The molecular formula is C14H22O2. The van der Waals surface area contributed by atoms with E-state index in [0.717, 1.165) is 25.7 Å². The van der Waals surface area contributed by atoms with Crippen LogP contribution in [0.2, 0.25) is 0 Å². The molecule has 0 saturated carbocycles. The fraction of sp³-hybridized carbons (Fsp3) is 0.786. The lowest BCUT2D eigenvalue weighted by Crippen LogP contribution is -2.29. The summed E-state index contributed by atoms with van der Waals surface area (Å²) in [5, 5.41) is 0. The molecule has 2 saturated heterocycles. The quantitative estimate of drug-likeness (QED) is 0.682. The Balaban J connectivity index is 1.79. The predicted molar refractivity (Wildman–Crippen MR) is 64.3 cm³/mol. The van der Waals surface area contributed by atoms with Crippen molar-refractivity contribution in [1.82, 2.24) is 0 Å². The second kappa shape index (κ2) is 5.13. The van der Waals surface area contributed by atoms with Crippen LogP contribution in [0.3, 0.4) is 0 Å². The fourth-order valence-corrected chi connectivity index (χ4v) is 2.83. The van der Waals surface area contributed by atoms with Crippen LogP contribution < -0.4 is 0 Å². The first-order valence-electron chi connectivity index (χ1n) is 6.46. The number of ketones is 1. The first kappa shape index (κ1) is 11.8. The van der Waals surface area contributed by atoms with E-state index in [4.69, 9.17) is 4.74 Å². The van der Waals surface area contributed by atoms with Crippen LogP contribution in [0.4, 0.5) is 0 Å². The zero-order valence-corrected chi connectivity index (χ0v) is 10.4. The van der Waals surface area contributed by atoms with Crippen molar-refractivity contribution in [2.24, 2.45) is 5.92 Å². The largest absolute Gasteiger partial charge is 0.375 e. The van der Waals surface area contributed by atoms with Crippen molar-refractivity contribution in [3.8, 4) is 0 Å². The third-order valence-electron chi connectivity index (χ3n) is 3.69. The molecule has 2 heteroatoms. The smallest absolute Gasteiger partial charge is 0.136 e. The molecule has 2 nitrogen and oxygen atoms in total. The van der Waals surface area contributed by atoms with Gasteiger partial charge in [0.15, 0.2) is 0 Å². The Morgan fingerprint density at radius 2 is 1.88 bits per heavy atom. The number of hydrogen-bond donors (Lipinski definition) is 0. The molecule has 0 aromatic heterocycles. The van der Waals surface area contributed by atoms with Crippen molar-refractivity contribution in [3.63, 3.8) is 0 Å². The summed E-state index contributed by atoms with van der Waals surface area (Å²) < 4.78 is 5.76. The first-order chi connectivity index (χ1) is 7.65. The van der Waals surface area contributed by atoms with Gasteiger partial charge >= 0.3 is 0 Å². The van der Waals surface area contributed by atoms with Gasteiger partial charge in [0.2, 0.25) is 0 Å². The van der Waals surface area contributed by atoms with Crippen LogP contribution in [0.5, 0.6) is 0 Å². The molecule has 0 aromatic rings. The van der Waals surface area contributed by atoms with Crippen molar-refractivity contribution in [3.05, 3.63) is 11.6 Å². The normalized spacial score (nSPS) is 32.5. The van der Waals surface area contributed by atoms with Crippen LogP contribution in [-0.4, -0.2) is 18.0 Å². The van der Waals surface area contributed by atoms with Gasteiger partial charge in [0.1, 0.15) is 5.78 Å². The van der Waals surface area contributed by atoms with E-state index >= 15 is 0 Å². The highest BCUT2D eigenvalue weighted by Gasteiger charge is 2.37. The molecule has 0 radical (unpaired) electrons. The van der Waals surface area contributed by atoms with Crippen LogP contribution in [0.1, 0.15) is 52.4 Å². The van der Waals surface area contributed by atoms with Gasteiger partial charge in [0, 0.05) is 12.3 Å². The third-order valence-corrected chi connectivity index (χ3v) is 3.69. The number of Topliss-reactive ketones (excluding diaryl/α,β-unsaturated/α-hetero) is 1. The van der Waals surface area contributed by atoms with E-state index in [1.54, 1.807) is 0 Å². The van der Waals surface area contributed by atoms with Crippen LogP contribution in [0, 0.1) is 5.92 Å². The Hall–Kier alpha value is -0.630. The lowest BCUT2D eigenvalue weighted by molar-refractivity contribution is -0.128. The zero-order valence-electron chi connectivity index (χ0n) is 10.4. The molecule has 0 aliphatic carbocycles. The monoisotopic (exact) mass is 222 g/mol. The Labute approximate surface area is 98.1 Å². The van der Waals surface area contributed by atoms with Gasteiger partial charge in [0.05, 0.1) is 12.2 Å². The van der Waals surface area contributed by atoms with Gasteiger partial charge in [0.25, 0.3) is 0 Å². The van der Waals surface area contributed by atoms with Crippen LogP contribution in [0.25, 0.3) is 0 Å². The maximum absolute atomic E-state index is 12.0. The van der Waals surface area contributed by atoms with Crippen molar-refractivity contribution >= 4 is 5.78 Å². The Morgan fingerprint density at radius 3 is 2.44 bits per heavy atom. The molecule has 2 bridgehead atoms. The lowest BCUT2D eigenvalue weighted by atomic mass is 9.89. The predicted octanol–water partition coefficient (Wildman–Crippen LogP) is 3.26.